The molecule has 3 atom stereocenters. The number of aliphatic hydroxyl groups excluding tert-OH is 1. The van der Waals surface area contributed by atoms with Crippen LogP contribution in [0.2, 0.25) is 0 Å². The van der Waals surface area contributed by atoms with E-state index in [4.69, 9.17) is 4.74 Å². The van der Waals surface area contributed by atoms with Crippen molar-refractivity contribution in [2.45, 2.75) is 90.1 Å². The van der Waals surface area contributed by atoms with Gasteiger partial charge in [-0.2, -0.15) is 0 Å². The molecule has 4 nitrogen and oxygen atoms in total. The number of β-amino-alcohol motifs (C(OH)–C–C–N with tert-alkyl or cyclic N) is 1. The molecule has 0 saturated heterocycles. The molecule has 0 radical (unpaired) electrons. The van der Waals surface area contributed by atoms with Crippen LogP contribution >= 0.6 is 0 Å². The van der Waals surface area contributed by atoms with Crippen LogP contribution in [0.4, 0.5) is 0 Å². The zero-order valence-corrected chi connectivity index (χ0v) is 14.5. The number of hydrogen-bond donors (Lipinski definition) is 3. The molecule has 126 valence electrons. The van der Waals surface area contributed by atoms with E-state index in [1.165, 1.54) is 19.3 Å². The summed E-state index contributed by atoms with van der Waals surface area (Å²) >= 11 is 0. The fourth-order valence-electron chi connectivity index (χ4n) is 2.74. The zero-order chi connectivity index (χ0) is 16.1. The molecule has 3 N–H and O–H groups in total. The van der Waals surface area contributed by atoms with E-state index in [0.717, 1.165) is 12.8 Å². The van der Waals surface area contributed by atoms with Crippen LogP contribution in [0.5, 0.6) is 0 Å². The van der Waals surface area contributed by atoms with Crippen LogP contribution in [-0.4, -0.2) is 46.7 Å². The van der Waals surface area contributed by atoms with Crippen LogP contribution in [0.25, 0.3) is 0 Å². The van der Waals surface area contributed by atoms with Gasteiger partial charge in [0.25, 0.3) is 0 Å². The number of nitrogens with one attached hydrogen (secondary N) is 1. The first-order chi connectivity index (χ1) is 9.67. The largest absolute Gasteiger partial charge is 0.389 e. The van der Waals surface area contributed by atoms with E-state index in [2.05, 4.69) is 12.2 Å². The van der Waals surface area contributed by atoms with Crippen LogP contribution < -0.4 is 5.32 Å². The van der Waals surface area contributed by atoms with Gasteiger partial charge in [-0.25, -0.2) is 0 Å². The molecule has 21 heavy (non-hydrogen) atoms. The third-order valence-corrected chi connectivity index (χ3v) is 5.18. The highest BCUT2D eigenvalue weighted by Crippen LogP contribution is 2.29. The van der Waals surface area contributed by atoms with Gasteiger partial charge in [-0.15, -0.1) is 0 Å². The topological polar surface area (TPSA) is 61.7 Å². The molecule has 0 aliphatic heterocycles. The van der Waals surface area contributed by atoms with Gasteiger partial charge < -0.3 is 20.3 Å². The Kier molecular flexibility index (Phi) is 7.11. The van der Waals surface area contributed by atoms with E-state index in [-0.39, 0.29) is 0 Å². The molecular formula is C17H35NO3. The predicted octanol–water partition coefficient (Wildman–Crippen LogP) is 2.47. The number of rotatable bonds is 8. The highest BCUT2D eigenvalue weighted by Gasteiger charge is 2.35. The molecule has 1 saturated carbocycles. The molecule has 0 aromatic carbocycles. The van der Waals surface area contributed by atoms with Crippen LogP contribution in [0, 0.1) is 5.92 Å². The lowest BCUT2D eigenvalue weighted by Crippen LogP contribution is -2.57. The Morgan fingerprint density at radius 3 is 2.38 bits per heavy atom. The van der Waals surface area contributed by atoms with Gasteiger partial charge in [0.15, 0.2) is 0 Å². The van der Waals surface area contributed by atoms with Crippen LogP contribution in [0.15, 0.2) is 0 Å². The van der Waals surface area contributed by atoms with Gasteiger partial charge >= 0.3 is 0 Å². The van der Waals surface area contributed by atoms with E-state index in [1.807, 2.05) is 13.8 Å². The number of aliphatic hydroxyl groups is 2. The Hall–Kier alpha value is -0.160. The minimum absolute atomic E-state index is 0.306. The molecule has 3 unspecified atom stereocenters. The molecule has 4 heteroatoms. The fraction of sp³-hybridized carbons (Fsp3) is 1.00. The summed E-state index contributed by atoms with van der Waals surface area (Å²) < 4.78 is 5.95. The minimum Gasteiger partial charge on any atom is -0.389 e. The van der Waals surface area contributed by atoms with Crippen LogP contribution in [-0.2, 0) is 4.74 Å². The summed E-state index contributed by atoms with van der Waals surface area (Å²) in [5.41, 5.74) is -1.30. The second-order valence-corrected chi connectivity index (χ2v) is 7.54. The predicted molar refractivity (Wildman–Crippen MR) is 86.4 cm³/mol. The molecule has 0 aromatic heterocycles. The fourth-order valence-corrected chi connectivity index (χ4v) is 2.74. The Balaban J connectivity index is 2.32. The van der Waals surface area contributed by atoms with Crippen LogP contribution in [0.1, 0.15) is 66.7 Å². The van der Waals surface area contributed by atoms with Crippen molar-refractivity contribution in [3.63, 3.8) is 0 Å². The van der Waals surface area contributed by atoms with E-state index in [1.54, 1.807) is 13.8 Å². The second-order valence-electron chi connectivity index (χ2n) is 7.54. The highest BCUT2D eigenvalue weighted by atomic mass is 16.5. The van der Waals surface area contributed by atoms with Gasteiger partial charge in [0.05, 0.1) is 24.4 Å². The lowest BCUT2D eigenvalue weighted by molar-refractivity contribution is -0.0566. The Morgan fingerprint density at radius 1 is 1.19 bits per heavy atom. The Labute approximate surface area is 130 Å². The smallest absolute Gasteiger partial charge is 0.0898 e. The minimum atomic E-state index is -0.843. The standard InChI is InChI=1S/C17H35NO3/c1-6-13-9-7-8-10-15(13)21-12-14(19)11-18-16(2,3)17(4,5)20/h13-15,18-20H,6-12H2,1-5H3. The summed E-state index contributed by atoms with van der Waals surface area (Å²) in [5, 5.41) is 23.4. The lowest BCUT2D eigenvalue weighted by Gasteiger charge is -2.39. The first-order valence-electron chi connectivity index (χ1n) is 8.44. The summed E-state index contributed by atoms with van der Waals surface area (Å²) in [7, 11) is 0. The molecular weight excluding hydrogens is 266 g/mol. The second kappa shape index (κ2) is 7.91. The summed E-state index contributed by atoms with van der Waals surface area (Å²) in [6.07, 6.45) is 5.84. The lowest BCUT2D eigenvalue weighted by atomic mass is 9.85. The van der Waals surface area contributed by atoms with Gasteiger partial charge in [0.2, 0.25) is 0 Å². The van der Waals surface area contributed by atoms with Gasteiger partial charge in [0, 0.05) is 12.1 Å². The number of ether oxygens (including phenoxy) is 1. The average molecular weight is 301 g/mol. The molecule has 0 heterocycles. The maximum absolute atomic E-state index is 10.1. The van der Waals surface area contributed by atoms with E-state index in [0.29, 0.717) is 25.2 Å². The summed E-state index contributed by atoms with van der Waals surface area (Å²) in [5.74, 6) is 0.645. The van der Waals surface area contributed by atoms with Crippen molar-refractivity contribution in [3.8, 4) is 0 Å². The molecule has 0 bridgehead atoms. The maximum Gasteiger partial charge on any atom is 0.0898 e. The molecule has 1 aliphatic carbocycles. The van der Waals surface area contributed by atoms with Crippen molar-refractivity contribution < 1.29 is 14.9 Å². The molecule has 0 amide bonds. The molecule has 1 aliphatic rings. The van der Waals surface area contributed by atoms with Crippen molar-refractivity contribution in [2.24, 2.45) is 5.92 Å². The SMILES string of the molecule is CCC1CCCCC1OCC(O)CNC(C)(C)C(C)(C)O. The van der Waals surface area contributed by atoms with Crippen molar-refractivity contribution in [1.29, 1.82) is 0 Å². The third-order valence-electron chi connectivity index (χ3n) is 5.18. The van der Waals surface area contributed by atoms with Gasteiger partial charge in [0.1, 0.15) is 0 Å². The van der Waals surface area contributed by atoms with E-state index < -0.39 is 17.2 Å². The van der Waals surface area contributed by atoms with Crippen LogP contribution in [0.3, 0.4) is 0 Å². The van der Waals surface area contributed by atoms with Crippen molar-refractivity contribution in [2.75, 3.05) is 13.2 Å². The normalized spacial score (nSPS) is 25.9. The third kappa shape index (κ3) is 5.85. The van der Waals surface area contributed by atoms with Crippen molar-refractivity contribution in [1.82, 2.24) is 5.32 Å². The van der Waals surface area contributed by atoms with E-state index >= 15 is 0 Å². The zero-order valence-electron chi connectivity index (χ0n) is 14.5. The molecule has 1 fully saturated rings. The summed E-state index contributed by atoms with van der Waals surface area (Å²) in [6, 6.07) is 0. The average Bonchev–Trinajstić information content (AvgIpc) is 2.42. The van der Waals surface area contributed by atoms with E-state index in [9.17, 15) is 10.2 Å². The van der Waals surface area contributed by atoms with Crippen molar-refractivity contribution >= 4 is 0 Å². The molecule has 0 spiro atoms. The molecule has 1 rings (SSSR count). The van der Waals surface area contributed by atoms with Gasteiger partial charge in [-0.05, 0) is 46.5 Å². The van der Waals surface area contributed by atoms with Gasteiger partial charge in [-0.1, -0.05) is 26.2 Å². The quantitative estimate of drug-likeness (QED) is 0.644. The summed E-state index contributed by atoms with van der Waals surface area (Å²) in [6.45, 7) is 10.4. The summed E-state index contributed by atoms with van der Waals surface area (Å²) in [4.78, 5) is 0. The van der Waals surface area contributed by atoms with Gasteiger partial charge in [-0.3, -0.25) is 0 Å². The number of hydrogen-bond acceptors (Lipinski definition) is 4. The Bertz CT molecular complexity index is 299. The monoisotopic (exact) mass is 301 g/mol. The highest BCUT2D eigenvalue weighted by molar-refractivity contribution is 4.93. The first kappa shape index (κ1) is 18.9. The van der Waals surface area contributed by atoms with Crippen molar-refractivity contribution in [3.05, 3.63) is 0 Å². The Morgan fingerprint density at radius 2 is 1.81 bits per heavy atom. The molecule has 0 aromatic rings. The first-order valence-corrected chi connectivity index (χ1v) is 8.44. The maximum atomic E-state index is 10.1.